The highest BCUT2D eigenvalue weighted by atomic mass is 16.5. The van der Waals surface area contributed by atoms with Crippen LogP contribution < -0.4 is 5.32 Å². The minimum absolute atomic E-state index is 0.0343. The summed E-state index contributed by atoms with van der Waals surface area (Å²) in [7, 11) is 1.77. The van der Waals surface area contributed by atoms with E-state index in [0.29, 0.717) is 12.0 Å². The smallest absolute Gasteiger partial charge is 0.133 e. The maximum atomic E-state index is 5.17. The Morgan fingerprint density at radius 1 is 1.25 bits per heavy atom. The van der Waals surface area contributed by atoms with Crippen LogP contribution in [-0.2, 0) is 10.2 Å². The third-order valence-corrected chi connectivity index (χ3v) is 4.58. The summed E-state index contributed by atoms with van der Waals surface area (Å²) in [6.07, 6.45) is 2.30. The highest BCUT2D eigenvalue weighted by molar-refractivity contribution is 5.39. The summed E-state index contributed by atoms with van der Waals surface area (Å²) in [4.78, 5) is 12.0. The van der Waals surface area contributed by atoms with E-state index in [4.69, 9.17) is 14.7 Å². The van der Waals surface area contributed by atoms with Gasteiger partial charge in [-0.15, -0.1) is 0 Å². The van der Waals surface area contributed by atoms with Crippen LogP contribution in [0.5, 0.6) is 0 Å². The van der Waals surface area contributed by atoms with Gasteiger partial charge in [-0.2, -0.15) is 0 Å². The summed E-state index contributed by atoms with van der Waals surface area (Å²) in [5, 5.41) is 3.66. The first-order valence-electron chi connectivity index (χ1n) is 9.17. The minimum Gasteiger partial charge on any atom is -0.383 e. The van der Waals surface area contributed by atoms with E-state index in [1.165, 1.54) is 0 Å². The monoisotopic (exact) mass is 334 g/mol. The van der Waals surface area contributed by atoms with E-state index in [1.807, 2.05) is 0 Å². The van der Waals surface area contributed by atoms with Crippen LogP contribution in [0, 0.1) is 0 Å². The van der Waals surface area contributed by atoms with E-state index >= 15 is 0 Å². The molecule has 0 saturated carbocycles. The van der Waals surface area contributed by atoms with Crippen molar-refractivity contribution in [3.8, 4) is 0 Å². The molecular weight excluding hydrogens is 300 g/mol. The van der Waals surface area contributed by atoms with Crippen molar-refractivity contribution in [3.05, 3.63) is 17.6 Å². The molecule has 0 unspecified atom stereocenters. The molecule has 0 bridgehead atoms. The van der Waals surface area contributed by atoms with Crippen molar-refractivity contribution in [1.82, 2.24) is 14.9 Å². The number of piperidine rings is 1. The molecule has 0 aliphatic carbocycles. The van der Waals surface area contributed by atoms with Crippen molar-refractivity contribution in [2.75, 3.05) is 38.7 Å². The van der Waals surface area contributed by atoms with Crippen LogP contribution in [0.15, 0.2) is 6.07 Å². The van der Waals surface area contributed by atoms with Crippen molar-refractivity contribution >= 4 is 5.82 Å². The Bertz CT molecular complexity index is 517. The van der Waals surface area contributed by atoms with E-state index in [0.717, 1.165) is 56.4 Å². The number of nitrogens with one attached hydrogen (secondary N) is 1. The number of rotatable bonds is 6. The first-order chi connectivity index (χ1) is 11.3. The maximum Gasteiger partial charge on any atom is 0.133 e. The Balaban J connectivity index is 2.03. The van der Waals surface area contributed by atoms with E-state index in [2.05, 4.69) is 50.9 Å². The summed E-state index contributed by atoms with van der Waals surface area (Å²) >= 11 is 0. The van der Waals surface area contributed by atoms with Gasteiger partial charge in [-0.1, -0.05) is 34.6 Å². The lowest BCUT2D eigenvalue weighted by Gasteiger charge is -2.32. The number of hydrogen-bond donors (Lipinski definition) is 1. The van der Waals surface area contributed by atoms with Gasteiger partial charge in [-0.05, 0) is 12.8 Å². The standard InChI is InChI=1S/C19H34N4O/c1-14(2)18-21-16(19(3,4)5)13-17(22-18)20-15-7-9-23(10-8-15)11-12-24-6/h13-15H,7-12H2,1-6H3,(H,20,21,22). The first-order valence-corrected chi connectivity index (χ1v) is 9.17. The van der Waals surface area contributed by atoms with E-state index in [1.54, 1.807) is 7.11 Å². The fourth-order valence-corrected chi connectivity index (χ4v) is 2.91. The number of nitrogens with zero attached hydrogens (tertiary/aromatic N) is 3. The lowest BCUT2D eigenvalue weighted by Crippen LogP contribution is -2.40. The average Bonchev–Trinajstić information content (AvgIpc) is 2.53. The number of methoxy groups -OCH3 is 1. The number of ether oxygens (including phenoxy) is 1. The zero-order chi connectivity index (χ0) is 17.7. The maximum absolute atomic E-state index is 5.17. The summed E-state index contributed by atoms with van der Waals surface area (Å²) in [6.45, 7) is 15.0. The second-order valence-corrected chi connectivity index (χ2v) is 8.15. The third-order valence-electron chi connectivity index (χ3n) is 4.58. The van der Waals surface area contributed by atoms with Crippen LogP contribution in [0.1, 0.15) is 64.9 Å². The number of likely N-dealkylation sites (tertiary alicyclic amines) is 1. The zero-order valence-corrected chi connectivity index (χ0v) is 16.2. The Labute approximate surface area is 147 Å². The predicted molar refractivity (Wildman–Crippen MR) is 99.8 cm³/mol. The second kappa shape index (κ2) is 8.26. The molecule has 1 aromatic heterocycles. The third kappa shape index (κ3) is 5.42. The fraction of sp³-hybridized carbons (Fsp3) is 0.789. The summed E-state index contributed by atoms with van der Waals surface area (Å²) in [5.41, 5.74) is 1.15. The van der Waals surface area contributed by atoms with Crippen molar-refractivity contribution in [3.63, 3.8) is 0 Å². The highest BCUT2D eigenvalue weighted by Gasteiger charge is 2.22. The van der Waals surface area contributed by atoms with Gasteiger partial charge >= 0.3 is 0 Å². The highest BCUT2D eigenvalue weighted by Crippen LogP contribution is 2.25. The van der Waals surface area contributed by atoms with Crippen LogP contribution in [-0.4, -0.2) is 54.3 Å². The summed E-state index contributed by atoms with van der Waals surface area (Å²) < 4.78 is 5.17. The van der Waals surface area contributed by atoms with Gasteiger partial charge in [-0.25, -0.2) is 9.97 Å². The molecule has 2 heterocycles. The SMILES string of the molecule is COCCN1CCC(Nc2cc(C(C)(C)C)nc(C(C)C)n2)CC1. The summed E-state index contributed by atoms with van der Waals surface area (Å²) in [6, 6.07) is 2.62. The van der Waals surface area contributed by atoms with Crippen molar-refractivity contribution in [2.24, 2.45) is 0 Å². The molecule has 0 radical (unpaired) electrons. The molecule has 0 atom stereocenters. The van der Waals surface area contributed by atoms with Crippen molar-refractivity contribution in [1.29, 1.82) is 0 Å². The van der Waals surface area contributed by atoms with Crippen molar-refractivity contribution < 1.29 is 4.74 Å². The fourth-order valence-electron chi connectivity index (χ4n) is 2.91. The Kier molecular flexibility index (Phi) is 6.58. The Morgan fingerprint density at radius 3 is 2.46 bits per heavy atom. The molecule has 24 heavy (non-hydrogen) atoms. The number of anilines is 1. The Hall–Kier alpha value is -1.20. The molecule has 1 N–H and O–H groups in total. The van der Waals surface area contributed by atoms with Gasteiger partial charge in [-0.3, -0.25) is 0 Å². The van der Waals surface area contributed by atoms with Gasteiger partial charge in [0, 0.05) is 50.2 Å². The van der Waals surface area contributed by atoms with Crippen LogP contribution in [0.4, 0.5) is 5.82 Å². The molecule has 0 spiro atoms. The quantitative estimate of drug-likeness (QED) is 0.864. The average molecular weight is 335 g/mol. The van der Waals surface area contributed by atoms with Crippen molar-refractivity contribution in [2.45, 2.75) is 64.8 Å². The molecular formula is C19H34N4O. The molecule has 136 valence electrons. The molecule has 0 aromatic carbocycles. The molecule has 1 aromatic rings. The summed E-state index contributed by atoms with van der Waals surface area (Å²) in [5.74, 6) is 2.25. The second-order valence-electron chi connectivity index (χ2n) is 8.15. The van der Waals surface area contributed by atoms with Crippen LogP contribution in [0.3, 0.4) is 0 Å². The molecule has 2 rings (SSSR count). The molecule has 5 heteroatoms. The van der Waals surface area contributed by atoms with Gasteiger partial charge in [0.25, 0.3) is 0 Å². The van der Waals surface area contributed by atoms with Crippen LogP contribution >= 0.6 is 0 Å². The Morgan fingerprint density at radius 2 is 1.92 bits per heavy atom. The number of hydrogen-bond acceptors (Lipinski definition) is 5. The largest absolute Gasteiger partial charge is 0.383 e. The lowest BCUT2D eigenvalue weighted by molar-refractivity contribution is 0.132. The van der Waals surface area contributed by atoms with Crippen LogP contribution in [0.25, 0.3) is 0 Å². The molecule has 1 aliphatic rings. The molecule has 0 amide bonds. The molecule has 5 nitrogen and oxygen atoms in total. The molecule has 1 saturated heterocycles. The minimum atomic E-state index is 0.0343. The topological polar surface area (TPSA) is 50.3 Å². The molecule has 1 aliphatic heterocycles. The normalized spacial score (nSPS) is 17.5. The number of aromatic nitrogens is 2. The van der Waals surface area contributed by atoms with E-state index < -0.39 is 0 Å². The van der Waals surface area contributed by atoms with Crippen LogP contribution in [0.2, 0.25) is 0 Å². The van der Waals surface area contributed by atoms with Gasteiger partial charge in [0.15, 0.2) is 0 Å². The van der Waals surface area contributed by atoms with Gasteiger partial charge in [0.2, 0.25) is 0 Å². The zero-order valence-electron chi connectivity index (χ0n) is 16.2. The lowest BCUT2D eigenvalue weighted by atomic mass is 9.91. The molecule has 1 fully saturated rings. The predicted octanol–water partition coefficient (Wildman–Crippen LogP) is 3.42. The van der Waals surface area contributed by atoms with Gasteiger partial charge in [0.05, 0.1) is 12.3 Å². The first kappa shape index (κ1) is 19.1. The van der Waals surface area contributed by atoms with E-state index in [9.17, 15) is 0 Å². The van der Waals surface area contributed by atoms with Gasteiger partial charge < -0.3 is 15.0 Å². The van der Waals surface area contributed by atoms with E-state index in [-0.39, 0.29) is 5.41 Å². The van der Waals surface area contributed by atoms with Gasteiger partial charge in [0.1, 0.15) is 11.6 Å².